The second-order valence-electron chi connectivity index (χ2n) is 7.17. The molecule has 146 valence electrons. The molecule has 0 unspecified atom stereocenters. The minimum atomic E-state index is -0.462. The van der Waals surface area contributed by atoms with Crippen LogP contribution in [0.4, 0.5) is 5.13 Å². The van der Waals surface area contributed by atoms with Crippen molar-refractivity contribution in [3.05, 3.63) is 34.1 Å². The number of esters is 1. The number of thiazole rings is 1. The van der Waals surface area contributed by atoms with Gasteiger partial charge in [-0.2, -0.15) is 5.10 Å². The molecule has 1 fully saturated rings. The number of aryl methyl sites for hydroxylation is 1. The predicted octanol–water partition coefficient (Wildman–Crippen LogP) is 3.69. The second kappa shape index (κ2) is 6.97. The molecule has 9 heteroatoms. The van der Waals surface area contributed by atoms with Crippen molar-refractivity contribution < 1.29 is 14.3 Å². The standard InChI is InChI=1S/C19H21N5O3S/c1-9(2)24-16-13(8-20-24)12(7-14(22-16)11-5-6-11)17(25)23-19-21-10(3)15(28-19)18(26)27-4/h7-9,11H,5-6H2,1-4H3,(H,21,23,25). The Bertz CT molecular complexity index is 1080. The first-order valence-electron chi connectivity index (χ1n) is 9.14. The first kappa shape index (κ1) is 18.5. The largest absolute Gasteiger partial charge is 0.465 e. The highest BCUT2D eigenvalue weighted by molar-refractivity contribution is 7.17. The minimum Gasteiger partial charge on any atom is -0.465 e. The number of rotatable bonds is 5. The highest BCUT2D eigenvalue weighted by Crippen LogP contribution is 2.40. The molecule has 8 nitrogen and oxygen atoms in total. The summed E-state index contributed by atoms with van der Waals surface area (Å²) in [6.45, 7) is 5.77. The van der Waals surface area contributed by atoms with E-state index >= 15 is 0 Å². The van der Waals surface area contributed by atoms with Crippen LogP contribution < -0.4 is 5.32 Å². The third-order valence-electron chi connectivity index (χ3n) is 4.70. The minimum absolute atomic E-state index is 0.139. The van der Waals surface area contributed by atoms with Gasteiger partial charge in [-0.3, -0.25) is 10.1 Å². The van der Waals surface area contributed by atoms with Crippen LogP contribution in [0.15, 0.2) is 12.3 Å². The van der Waals surface area contributed by atoms with E-state index in [0.29, 0.717) is 32.6 Å². The zero-order valence-electron chi connectivity index (χ0n) is 16.1. The van der Waals surface area contributed by atoms with Gasteiger partial charge in [0, 0.05) is 17.7 Å². The number of anilines is 1. The summed E-state index contributed by atoms with van der Waals surface area (Å²) in [5, 5.41) is 8.29. The van der Waals surface area contributed by atoms with E-state index in [0.717, 1.165) is 35.5 Å². The zero-order valence-corrected chi connectivity index (χ0v) is 17.0. The van der Waals surface area contributed by atoms with Gasteiger partial charge in [-0.05, 0) is 39.7 Å². The smallest absolute Gasteiger partial charge is 0.350 e. The van der Waals surface area contributed by atoms with Gasteiger partial charge in [0.2, 0.25) is 0 Å². The maximum Gasteiger partial charge on any atom is 0.350 e. The molecule has 0 atom stereocenters. The molecule has 0 saturated heterocycles. The summed E-state index contributed by atoms with van der Waals surface area (Å²) in [5.74, 6) is -0.349. The number of amides is 1. The van der Waals surface area contributed by atoms with Crippen LogP contribution in [0.1, 0.15) is 70.1 Å². The van der Waals surface area contributed by atoms with Crippen LogP contribution in [-0.4, -0.2) is 38.7 Å². The second-order valence-corrected chi connectivity index (χ2v) is 8.17. The Labute approximate surface area is 165 Å². The summed E-state index contributed by atoms with van der Waals surface area (Å²) in [6, 6.07) is 1.99. The lowest BCUT2D eigenvalue weighted by Gasteiger charge is -2.10. The molecular weight excluding hydrogens is 378 g/mol. The van der Waals surface area contributed by atoms with Crippen LogP contribution in [-0.2, 0) is 4.74 Å². The van der Waals surface area contributed by atoms with Crippen molar-refractivity contribution in [3.63, 3.8) is 0 Å². The molecule has 1 amide bonds. The van der Waals surface area contributed by atoms with Gasteiger partial charge in [0.25, 0.3) is 5.91 Å². The van der Waals surface area contributed by atoms with Gasteiger partial charge in [0.15, 0.2) is 10.8 Å². The van der Waals surface area contributed by atoms with Crippen molar-refractivity contribution in [3.8, 4) is 0 Å². The summed E-state index contributed by atoms with van der Waals surface area (Å²) in [7, 11) is 1.32. The number of methoxy groups -OCH3 is 1. The molecule has 4 rings (SSSR count). The molecule has 0 radical (unpaired) electrons. The van der Waals surface area contributed by atoms with Crippen molar-refractivity contribution in [2.45, 2.75) is 45.6 Å². The van der Waals surface area contributed by atoms with Crippen molar-refractivity contribution in [1.82, 2.24) is 19.7 Å². The van der Waals surface area contributed by atoms with Gasteiger partial charge in [-0.25, -0.2) is 19.4 Å². The third kappa shape index (κ3) is 3.26. The average Bonchev–Trinajstić information content (AvgIpc) is 3.32. The quantitative estimate of drug-likeness (QED) is 0.657. The topological polar surface area (TPSA) is 99.0 Å². The van der Waals surface area contributed by atoms with Crippen molar-refractivity contribution in [2.24, 2.45) is 0 Å². The van der Waals surface area contributed by atoms with Crippen LogP contribution in [0, 0.1) is 6.92 Å². The zero-order chi connectivity index (χ0) is 20.0. The SMILES string of the molecule is COC(=O)c1sc(NC(=O)c2cc(C3CC3)nc3c2cnn3C(C)C)nc1C. The number of pyridine rings is 1. The van der Waals surface area contributed by atoms with Crippen molar-refractivity contribution >= 4 is 39.4 Å². The van der Waals surface area contributed by atoms with Crippen LogP contribution in [0.2, 0.25) is 0 Å². The lowest BCUT2D eigenvalue weighted by molar-refractivity contribution is 0.0605. The van der Waals surface area contributed by atoms with E-state index in [1.54, 1.807) is 13.1 Å². The van der Waals surface area contributed by atoms with E-state index in [-0.39, 0.29) is 11.9 Å². The number of aromatic nitrogens is 4. The fraction of sp³-hybridized carbons (Fsp3) is 0.421. The Balaban J connectivity index is 1.72. The molecular formula is C19H21N5O3S. The molecule has 0 aliphatic heterocycles. The van der Waals surface area contributed by atoms with E-state index in [9.17, 15) is 9.59 Å². The lowest BCUT2D eigenvalue weighted by atomic mass is 10.1. The lowest BCUT2D eigenvalue weighted by Crippen LogP contribution is -2.13. The maximum absolute atomic E-state index is 13.0. The number of carbonyl (C=O) groups excluding carboxylic acids is 2. The molecule has 0 aromatic carbocycles. The summed E-state index contributed by atoms with van der Waals surface area (Å²) in [4.78, 5) is 34.2. The fourth-order valence-corrected chi connectivity index (χ4v) is 3.97. The molecule has 1 aliphatic rings. The first-order valence-corrected chi connectivity index (χ1v) is 9.96. The van der Waals surface area contributed by atoms with E-state index < -0.39 is 5.97 Å². The summed E-state index contributed by atoms with van der Waals surface area (Å²) in [5.41, 5.74) is 2.69. The Hall–Kier alpha value is -2.81. The van der Waals surface area contributed by atoms with Gasteiger partial charge in [-0.15, -0.1) is 0 Å². The van der Waals surface area contributed by atoms with E-state index in [2.05, 4.69) is 15.4 Å². The third-order valence-corrected chi connectivity index (χ3v) is 5.76. The molecule has 3 aromatic heterocycles. The average molecular weight is 399 g/mol. The highest BCUT2D eigenvalue weighted by atomic mass is 32.1. The van der Waals surface area contributed by atoms with Crippen molar-refractivity contribution in [2.75, 3.05) is 12.4 Å². The Morgan fingerprint density at radius 1 is 1.32 bits per heavy atom. The molecule has 1 aliphatic carbocycles. The van der Waals surface area contributed by atoms with Gasteiger partial charge in [0.05, 0.1) is 30.0 Å². The summed E-state index contributed by atoms with van der Waals surface area (Å²) >= 11 is 1.10. The maximum atomic E-state index is 13.0. The van der Waals surface area contributed by atoms with Gasteiger partial charge in [0.1, 0.15) is 4.88 Å². The number of carbonyl (C=O) groups is 2. The molecule has 3 heterocycles. The summed E-state index contributed by atoms with van der Waals surface area (Å²) < 4.78 is 6.59. The van der Waals surface area contributed by atoms with Crippen molar-refractivity contribution in [1.29, 1.82) is 0 Å². The molecule has 1 N–H and O–H groups in total. The number of ether oxygens (including phenoxy) is 1. The highest BCUT2D eigenvalue weighted by Gasteiger charge is 2.28. The van der Waals surface area contributed by atoms with E-state index in [1.165, 1.54) is 7.11 Å². The van der Waals surface area contributed by atoms with Gasteiger partial charge in [-0.1, -0.05) is 11.3 Å². The number of hydrogen-bond acceptors (Lipinski definition) is 7. The van der Waals surface area contributed by atoms with Gasteiger partial charge < -0.3 is 4.74 Å². The summed E-state index contributed by atoms with van der Waals surface area (Å²) in [6.07, 6.45) is 3.86. The number of hydrogen-bond donors (Lipinski definition) is 1. The van der Waals surface area contributed by atoms with Crippen LogP contribution in [0.25, 0.3) is 11.0 Å². The van der Waals surface area contributed by atoms with Gasteiger partial charge >= 0.3 is 5.97 Å². The predicted molar refractivity (Wildman–Crippen MR) is 106 cm³/mol. The molecule has 3 aromatic rings. The monoisotopic (exact) mass is 399 g/mol. The number of fused-ring (bicyclic) bond motifs is 1. The fourth-order valence-electron chi connectivity index (χ4n) is 3.09. The Kier molecular flexibility index (Phi) is 4.62. The number of nitrogens with zero attached hydrogens (tertiary/aromatic N) is 4. The van der Waals surface area contributed by atoms with Crippen LogP contribution in [0.5, 0.6) is 0 Å². The molecule has 0 bridgehead atoms. The van der Waals surface area contributed by atoms with Crippen LogP contribution >= 0.6 is 11.3 Å². The molecule has 0 spiro atoms. The number of nitrogens with one attached hydrogen (secondary N) is 1. The van der Waals surface area contributed by atoms with Crippen LogP contribution in [0.3, 0.4) is 0 Å². The molecule has 28 heavy (non-hydrogen) atoms. The molecule has 1 saturated carbocycles. The van der Waals surface area contributed by atoms with E-state index in [4.69, 9.17) is 9.72 Å². The normalized spacial score (nSPS) is 13.9. The van der Waals surface area contributed by atoms with E-state index in [1.807, 2.05) is 24.6 Å². The Morgan fingerprint density at radius 2 is 2.07 bits per heavy atom. The Morgan fingerprint density at radius 3 is 2.71 bits per heavy atom. The first-order chi connectivity index (χ1) is 13.4.